The average Bonchev–Trinajstić information content (AvgIpc) is 3.33. The van der Waals surface area contributed by atoms with Crippen LogP contribution >= 0.6 is 0 Å². The largest absolute Gasteiger partial charge is 0.469 e. The summed E-state index contributed by atoms with van der Waals surface area (Å²) in [4.78, 5) is 11.5. The number of hydrogen-bond acceptors (Lipinski definition) is 4. The van der Waals surface area contributed by atoms with Gasteiger partial charge < -0.3 is 4.42 Å². The number of rotatable bonds is 8. The van der Waals surface area contributed by atoms with E-state index in [1.54, 1.807) is 19.2 Å². The molecular formula is C36H43F2N3O. The molecule has 2 aliphatic heterocycles. The van der Waals surface area contributed by atoms with E-state index in [1.807, 2.05) is 39.3 Å². The van der Waals surface area contributed by atoms with Crippen LogP contribution in [-0.2, 0) is 13.0 Å². The highest BCUT2D eigenvalue weighted by molar-refractivity contribution is 6.11. The molecule has 0 amide bonds. The van der Waals surface area contributed by atoms with Gasteiger partial charge in [0.25, 0.3) is 0 Å². The smallest absolute Gasteiger partial charge is 0.168 e. The summed E-state index contributed by atoms with van der Waals surface area (Å²) < 4.78 is 34.3. The third-order valence-electron chi connectivity index (χ3n) is 7.74. The molecule has 2 aromatic carbocycles. The number of likely N-dealkylation sites (tertiary alicyclic amines) is 1. The van der Waals surface area contributed by atoms with E-state index in [2.05, 4.69) is 40.2 Å². The van der Waals surface area contributed by atoms with E-state index in [1.165, 1.54) is 50.4 Å². The predicted octanol–water partition coefficient (Wildman–Crippen LogP) is 9.21. The lowest BCUT2D eigenvalue weighted by Crippen LogP contribution is -2.23. The first-order valence-corrected chi connectivity index (χ1v) is 15.2. The standard InChI is InChI=1S/C34H37F2N3O.C2H6/c1-24-19-33(29-10-8-11-31(35)34(29)36)38-32(30(24)21-37-2)12-7-9-28-20-27(23-40-28)26-15-13-25(14-16-26)22-39-17-5-3-4-6-18-39;1-2/h8,10-16,19-21,23,30H,3-7,9,17-18,22H2,1-2H3;1-2H3/b32-12+,37-21?;. The number of nitrogens with zero attached hydrogens (tertiary/aromatic N) is 3. The van der Waals surface area contributed by atoms with E-state index in [0.29, 0.717) is 18.6 Å². The lowest BCUT2D eigenvalue weighted by atomic mass is 9.91. The van der Waals surface area contributed by atoms with E-state index in [0.717, 1.165) is 40.8 Å². The Morgan fingerprint density at radius 3 is 2.45 bits per heavy atom. The van der Waals surface area contributed by atoms with E-state index in [9.17, 15) is 8.78 Å². The Bertz CT molecular complexity index is 1420. The number of aliphatic imine (C=N–C) groups is 2. The van der Waals surface area contributed by atoms with Gasteiger partial charge in [0.1, 0.15) is 5.76 Å². The zero-order valence-corrected chi connectivity index (χ0v) is 25.4. The Hall–Kier alpha value is -3.64. The molecule has 0 N–H and O–H groups in total. The highest BCUT2D eigenvalue weighted by Crippen LogP contribution is 2.29. The summed E-state index contributed by atoms with van der Waals surface area (Å²) in [6.07, 6.45) is 14.2. The lowest BCUT2D eigenvalue weighted by Gasteiger charge is -2.21. The molecule has 1 fully saturated rings. The third-order valence-corrected chi connectivity index (χ3v) is 7.74. The van der Waals surface area contributed by atoms with Crippen molar-refractivity contribution < 1.29 is 13.2 Å². The van der Waals surface area contributed by atoms with Gasteiger partial charge in [0.2, 0.25) is 0 Å². The van der Waals surface area contributed by atoms with E-state index >= 15 is 0 Å². The van der Waals surface area contributed by atoms with Crippen LogP contribution in [0.1, 0.15) is 69.8 Å². The van der Waals surface area contributed by atoms with Crippen molar-refractivity contribution in [2.24, 2.45) is 15.9 Å². The van der Waals surface area contributed by atoms with Crippen molar-refractivity contribution in [1.29, 1.82) is 0 Å². The summed E-state index contributed by atoms with van der Waals surface area (Å²) in [6, 6.07) is 15.1. The van der Waals surface area contributed by atoms with Gasteiger partial charge >= 0.3 is 0 Å². The number of furan rings is 1. The number of hydrogen-bond donors (Lipinski definition) is 0. The molecule has 0 saturated carbocycles. The van der Waals surface area contributed by atoms with Crippen molar-refractivity contribution in [2.75, 3.05) is 20.1 Å². The second-order valence-electron chi connectivity index (χ2n) is 10.7. The molecule has 222 valence electrons. The highest BCUT2D eigenvalue weighted by atomic mass is 19.2. The van der Waals surface area contributed by atoms with Crippen LogP contribution in [0.15, 0.2) is 92.6 Å². The molecule has 3 heterocycles. The van der Waals surface area contributed by atoms with Gasteiger partial charge in [0.05, 0.1) is 17.9 Å². The number of dihydropyridines is 1. The first kappa shape index (κ1) is 31.3. The van der Waals surface area contributed by atoms with E-state index in [4.69, 9.17) is 9.41 Å². The van der Waals surface area contributed by atoms with Crippen LogP contribution in [0.3, 0.4) is 0 Å². The molecule has 1 atom stereocenters. The van der Waals surface area contributed by atoms with Gasteiger partial charge in [-0.3, -0.25) is 14.9 Å². The molecule has 2 aliphatic rings. The van der Waals surface area contributed by atoms with Crippen LogP contribution < -0.4 is 0 Å². The van der Waals surface area contributed by atoms with Crippen molar-refractivity contribution in [3.05, 3.63) is 107 Å². The predicted molar refractivity (Wildman–Crippen MR) is 170 cm³/mol. The summed E-state index contributed by atoms with van der Waals surface area (Å²) in [7, 11) is 1.72. The molecular weight excluding hydrogens is 528 g/mol. The Morgan fingerprint density at radius 2 is 1.74 bits per heavy atom. The second kappa shape index (κ2) is 15.5. The van der Waals surface area contributed by atoms with Crippen LogP contribution in [0.25, 0.3) is 11.1 Å². The minimum Gasteiger partial charge on any atom is -0.469 e. The van der Waals surface area contributed by atoms with Gasteiger partial charge in [-0.15, -0.1) is 0 Å². The van der Waals surface area contributed by atoms with Gasteiger partial charge in [0.15, 0.2) is 11.6 Å². The molecule has 3 aromatic rings. The van der Waals surface area contributed by atoms with Crippen molar-refractivity contribution in [2.45, 2.75) is 65.8 Å². The molecule has 4 nitrogen and oxygen atoms in total. The first-order valence-electron chi connectivity index (χ1n) is 15.2. The quantitative estimate of drug-likeness (QED) is 0.253. The molecule has 5 rings (SSSR count). The normalized spacial score (nSPS) is 18.8. The van der Waals surface area contributed by atoms with Crippen molar-refractivity contribution in [3.63, 3.8) is 0 Å². The summed E-state index contributed by atoms with van der Waals surface area (Å²) in [6.45, 7) is 9.36. The maximum absolute atomic E-state index is 14.5. The maximum Gasteiger partial charge on any atom is 0.168 e. The topological polar surface area (TPSA) is 41.1 Å². The number of benzene rings is 2. The molecule has 1 unspecified atom stereocenters. The molecule has 6 heteroatoms. The van der Waals surface area contributed by atoms with E-state index < -0.39 is 11.6 Å². The van der Waals surface area contributed by atoms with Gasteiger partial charge in [-0.05, 0) is 74.7 Å². The lowest BCUT2D eigenvalue weighted by molar-refractivity contribution is 0.277. The molecule has 0 bridgehead atoms. The maximum atomic E-state index is 14.5. The molecule has 0 spiro atoms. The average molecular weight is 572 g/mol. The van der Waals surface area contributed by atoms with Gasteiger partial charge in [0, 0.05) is 43.1 Å². The monoisotopic (exact) mass is 571 g/mol. The fraction of sp³-hybridized carbons (Fsp3) is 0.389. The number of halogens is 2. The Balaban J connectivity index is 0.00000198. The van der Waals surface area contributed by atoms with Crippen LogP contribution in [0.5, 0.6) is 0 Å². The molecule has 0 aliphatic carbocycles. The highest BCUT2D eigenvalue weighted by Gasteiger charge is 2.22. The SMILES string of the molecule is CC.CN=CC1C(C)=CC(c2cccc(F)c2F)=N/C1=C/CCc1cc(-c2ccc(CN3CCCCCC3)cc2)co1. The summed E-state index contributed by atoms with van der Waals surface area (Å²) in [5.41, 5.74) is 5.89. The summed E-state index contributed by atoms with van der Waals surface area (Å²) in [5, 5.41) is 0. The van der Waals surface area contributed by atoms with Crippen molar-refractivity contribution in [3.8, 4) is 11.1 Å². The Kier molecular flexibility index (Phi) is 11.6. The first-order chi connectivity index (χ1) is 20.5. The Morgan fingerprint density at radius 1 is 1.00 bits per heavy atom. The minimum absolute atomic E-state index is 0.106. The van der Waals surface area contributed by atoms with Crippen LogP contribution in [0, 0.1) is 17.6 Å². The van der Waals surface area contributed by atoms with Gasteiger partial charge in [-0.25, -0.2) is 8.78 Å². The number of aryl methyl sites for hydroxylation is 1. The van der Waals surface area contributed by atoms with Gasteiger partial charge in [-0.1, -0.05) is 68.7 Å². The zero-order valence-electron chi connectivity index (χ0n) is 25.4. The minimum atomic E-state index is -0.884. The number of allylic oxidation sites excluding steroid dienone is 3. The van der Waals surface area contributed by atoms with E-state index in [-0.39, 0.29) is 11.5 Å². The fourth-order valence-corrected chi connectivity index (χ4v) is 5.52. The third kappa shape index (κ3) is 8.01. The Labute approximate surface area is 249 Å². The molecule has 0 radical (unpaired) electrons. The summed E-state index contributed by atoms with van der Waals surface area (Å²) >= 11 is 0. The fourth-order valence-electron chi connectivity index (χ4n) is 5.52. The second-order valence-corrected chi connectivity index (χ2v) is 10.7. The van der Waals surface area contributed by atoms with Gasteiger partial charge in [-0.2, -0.15) is 0 Å². The van der Waals surface area contributed by atoms with Crippen LogP contribution in [0.2, 0.25) is 0 Å². The summed E-state index contributed by atoms with van der Waals surface area (Å²) in [5.74, 6) is -0.977. The molecule has 42 heavy (non-hydrogen) atoms. The van der Waals surface area contributed by atoms with Crippen molar-refractivity contribution >= 4 is 11.9 Å². The molecule has 1 aromatic heterocycles. The van der Waals surface area contributed by atoms with Crippen LogP contribution in [0.4, 0.5) is 8.78 Å². The van der Waals surface area contributed by atoms with Crippen molar-refractivity contribution in [1.82, 2.24) is 4.90 Å². The zero-order chi connectivity index (χ0) is 29.9. The van der Waals surface area contributed by atoms with Crippen LogP contribution in [-0.4, -0.2) is 37.0 Å². The molecule has 1 saturated heterocycles.